The smallest absolute Gasteiger partial charge is 0.258 e. The minimum atomic E-state index is -0.529. The van der Waals surface area contributed by atoms with Crippen LogP contribution >= 0.6 is 35.2 Å². The molecule has 126 valence electrons. The van der Waals surface area contributed by atoms with Gasteiger partial charge in [0.1, 0.15) is 5.00 Å². The Morgan fingerprint density at radius 2 is 2.00 bits per heavy atom. The van der Waals surface area contributed by atoms with Crippen LogP contribution in [-0.4, -0.2) is 16.9 Å². The fourth-order valence-electron chi connectivity index (χ4n) is 2.30. The van der Waals surface area contributed by atoms with E-state index in [0.29, 0.717) is 27.6 Å². The number of aryl methyl sites for hydroxylation is 1. The van der Waals surface area contributed by atoms with Gasteiger partial charge in [-0.3, -0.25) is 14.9 Å². The van der Waals surface area contributed by atoms with Crippen molar-refractivity contribution >= 4 is 57.1 Å². The molecule has 0 saturated carbocycles. The van der Waals surface area contributed by atoms with E-state index in [4.69, 9.17) is 29.6 Å². The Kier molecular flexibility index (Phi) is 5.93. The van der Waals surface area contributed by atoms with Crippen molar-refractivity contribution in [1.29, 1.82) is 0 Å². The SMILES string of the molecule is CCc1c(C)sc(NC(=S)NC(=O)c2ccccc2Cl)c1C(N)=O. The van der Waals surface area contributed by atoms with Gasteiger partial charge in [0.2, 0.25) is 0 Å². The molecule has 0 radical (unpaired) electrons. The molecule has 2 rings (SSSR count). The maximum absolute atomic E-state index is 12.2. The molecule has 1 aromatic carbocycles. The molecule has 0 spiro atoms. The maximum Gasteiger partial charge on any atom is 0.258 e. The summed E-state index contributed by atoms with van der Waals surface area (Å²) in [6, 6.07) is 6.65. The van der Waals surface area contributed by atoms with Crippen LogP contribution in [0.3, 0.4) is 0 Å². The van der Waals surface area contributed by atoms with Gasteiger partial charge in [-0.1, -0.05) is 30.7 Å². The van der Waals surface area contributed by atoms with Gasteiger partial charge in [-0.15, -0.1) is 11.3 Å². The highest BCUT2D eigenvalue weighted by Crippen LogP contribution is 2.33. The number of primary amides is 1. The van der Waals surface area contributed by atoms with E-state index < -0.39 is 11.8 Å². The molecule has 0 aliphatic rings. The third-order valence-corrected chi connectivity index (χ3v) is 4.98. The highest BCUT2D eigenvalue weighted by Gasteiger charge is 2.20. The molecule has 0 atom stereocenters. The maximum atomic E-state index is 12.2. The Labute approximate surface area is 154 Å². The summed E-state index contributed by atoms with van der Waals surface area (Å²) in [7, 11) is 0. The largest absolute Gasteiger partial charge is 0.365 e. The number of hydrogen-bond acceptors (Lipinski definition) is 4. The van der Waals surface area contributed by atoms with Gasteiger partial charge in [0.05, 0.1) is 16.1 Å². The van der Waals surface area contributed by atoms with Crippen molar-refractivity contribution in [2.75, 3.05) is 5.32 Å². The van der Waals surface area contributed by atoms with Gasteiger partial charge in [0, 0.05) is 4.88 Å². The van der Waals surface area contributed by atoms with E-state index in [1.54, 1.807) is 24.3 Å². The number of nitrogens with one attached hydrogen (secondary N) is 2. The lowest BCUT2D eigenvalue weighted by Crippen LogP contribution is -2.34. The van der Waals surface area contributed by atoms with Gasteiger partial charge in [0.15, 0.2) is 5.11 Å². The standard InChI is InChI=1S/C16H16ClN3O2S2/c1-3-9-8(2)24-15(12(9)13(18)21)20-16(23)19-14(22)10-6-4-5-7-11(10)17/h4-7H,3H2,1-2H3,(H2,18,21)(H2,19,20,22,23). The molecule has 0 aliphatic heterocycles. The van der Waals surface area contributed by atoms with E-state index in [1.807, 2.05) is 13.8 Å². The minimum Gasteiger partial charge on any atom is -0.365 e. The first kappa shape index (κ1) is 18.4. The van der Waals surface area contributed by atoms with Gasteiger partial charge in [0.25, 0.3) is 11.8 Å². The minimum absolute atomic E-state index is 0.0753. The Bertz CT molecular complexity index is 818. The summed E-state index contributed by atoms with van der Waals surface area (Å²) in [4.78, 5) is 24.9. The Morgan fingerprint density at radius 1 is 1.33 bits per heavy atom. The van der Waals surface area contributed by atoms with E-state index in [-0.39, 0.29) is 5.11 Å². The quantitative estimate of drug-likeness (QED) is 0.707. The zero-order valence-corrected chi connectivity index (χ0v) is 15.5. The summed E-state index contributed by atoms with van der Waals surface area (Å²) in [6.45, 7) is 3.86. The number of amides is 2. The number of nitrogens with two attached hydrogens (primary N) is 1. The second-order valence-corrected chi connectivity index (χ2v) is 6.99. The van der Waals surface area contributed by atoms with Crippen molar-refractivity contribution in [3.8, 4) is 0 Å². The number of thiophene rings is 1. The second-order valence-electron chi connectivity index (χ2n) is 4.95. The zero-order valence-electron chi connectivity index (χ0n) is 13.1. The molecule has 0 aliphatic carbocycles. The first-order valence-electron chi connectivity index (χ1n) is 7.14. The average molecular weight is 382 g/mol. The number of halogens is 1. The predicted molar refractivity (Wildman–Crippen MR) is 102 cm³/mol. The number of benzene rings is 1. The Balaban J connectivity index is 2.18. The molecule has 0 saturated heterocycles. The molecular weight excluding hydrogens is 366 g/mol. The molecule has 0 unspecified atom stereocenters. The topological polar surface area (TPSA) is 84.2 Å². The molecule has 24 heavy (non-hydrogen) atoms. The second kappa shape index (κ2) is 7.74. The van der Waals surface area contributed by atoms with E-state index >= 15 is 0 Å². The van der Waals surface area contributed by atoms with Gasteiger partial charge < -0.3 is 11.1 Å². The molecule has 5 nitrogen and oxygen atoms in total. The summed E-state index contributed by atoms with van der Waals surface area (Å²) in [5, 5.41) is 6.37. The number of thiocarbonyl (C=S) groups is 1. The number of hydrogen-bond donors (Lipinski definition) is 3. The van der Waals surface area contributed by atoms with Gasteiger partial charge in [-0.05, 0) is 43.3 Å². The number of rotatable bonds is 4. The van der Waals surface area contributed by atoms with Gasteiger partial charge in [-0.2, -0.15) is 0 Å². The highest BCUT2D eigenvalue weighted by molar-refractivity contribution is 7.80. The molecule has 2 aromatic rings. The summed E-state index contributed by atoms with van der Waals surface area (Å²) < 4.78 is 0. The monoisotopic (exact) mass is 381 g/mol. The summed E-state index contributed by atoms with van der Waals surface area (Å²) in [5.41, 5.74) is 7.08. The van der Waals surface area contributed by atoms with Gasteiger partial charge >= 0.3 is 0 Å². The zero-order chi connectivity index (χ0) is 17.9. The van der Waals surface area contributed by atoms with Crippen LogP contribution in [0.15, 0.2) is 24.3 Å². The van der Waals surface area contributed by atoms with Crippen LogP contribution in [0.25, 0.3) is 0 Å². The lowest BCUT2D eigenvalue weighted by Gasteiger charge is -2.10. The van der Waals surface area contributed by atoms with Crippen LogP contribution in [0, 0.1) is 6.92 Å². The van der Waals surface area contributed by atoms with Crippen LogP contribution in [0.4, 0.5) is 5.00 Å². The number of carbonyl (C=O) groups excluding carboxylic acids is 2. The molecule has 4 N–H and O–H groups in total. The molecule has 2 amide bonds. The third kappa shape index (κ3) is 3.92. The number of carbonyl (C=O) groups is 2. The van der Waals surface area contributed by atoms with Crippen molar-refractivity contribution in [2.24, 2.45) is 5.73 Å². The van der Waals surface area contributed by atoms with E-state index in [2.05, 4.69) is 10.6 Å². The van der Waals surface area contributed by atoms with Crippen LogP contribution in [0.1, 0.15) is 38.1 Å². The summed E-state index contributed by atoms with van der Waals surface area (Å²) in [5.74, 6) is -0.957. The molecular formula is C16H16ClN3O2S2. The van der Waals surface area contributed by atoms with E-state index in [0.717, 1.165) is 10.4 Å². The molecule has 8 heteroatoms. The lowest BCUT2D eigenvalue weighted by molar-refractivity contribution is 0.0975. The fourth-order valence-corrected chi connectivity index (χ4v) is 3.94. The highest BCUT2D eigenvalue weighted by atomic mass is 35.5. The predicted octanol–water partition coefficient (Wildman–Crippen LogP) is 3.50. The van der Waals surface area contributed by atoms with Crippen molar-refractivity contribution in [2.45, 2.75) is 20.3 Å². The van der Waals surface area contributed by atoms with Crippen LogP contribution in [0.2, 0.25) is 5.02 Å². The molecule has 1 aromatic heterocycles. The van der Waals surface area contributed by atoms with Crippen LogP contribution < -0.4 is 16.4 Å². The van der Waals surface area contributed by atoms with Crippen LogP contribution in [0.5, 0.6) is 0 Å². The summed E-state index contributed by atoms with van der Waals surface area (Å²) >= 11 is 12.5. The third-order valence-electron chi connectivity index (χ3n) is 3.38. The molecule has 1 heterocycles. The van der Waals surface area contributed by atoms with Crippen molar-refractivity contribution in [3.63, 3.8) is 0 Å². The molecule has 0 fully saturated rings. The van der Waals surface area contributed by atoms with Crippen molar-refractivity contribution in [1.82, 2.24) is 5.32 Å². The van der Waals surface area contributed by atoms with Crippen molar-refractivity contribution < 1.29 is 9.59 Å². The van der Waals surface area contributed by atoms with Crippen LogP contribution in [-0.2, 0) is 6.42 Å². The lowest BCUT2D eigenvalue weighted by atomic mass is 10.1. The fraction of sp³-hybridized carbons (Fsp3) is 0.188. The van der Waals surface area contributed by atoms with Crippen molar-refractivity contribution in [3.05, 3.63) is 50.9 Å². The Hall–Kier alpha value is -1.96. The average Bonchev–Trinajstić information content (AvgIpc) is 2.82. The van der Waals surface area contributed by atoms with Gasteiger partial charge in [-0.25, -0.2) is 0 Å². The first-order chi connectivity index (χ1) is 11.3. The molecule has 0 bridgehead atoms. The summed E-state index contributed by atoms with van der Waals surface area (Å²) in [6.07, 6.45) is 0.682. The first-order valence-corrected chi connectivity index (χ1v) is 8.74. The Morgan fingerprint density at radius 3 is 2.58 bits per heavy atom. The normalized spacial score (nSPS) is 10.3. The number of anilines is 1. The van der Waals surface area contributed by atoms with E-state index in [1.165, 1.54) is 11.3 Å². The van der Waals surface area contributed by atoms with E-state index in [9.17, 15) is 9.59 Å².